The van der Waals surface area contributed by atoms with E-state index in [1.54, 1.807) is 12.4 Å². The largest absolute Gasteiger partial charge is 0.493 e. The molecule has 748 valence electrons. The Bertz CT molecular complexity index is 7820. The minimum atomic E-state index is -0.510. The highest BCUT2D eigenvalue weighted by atomic mass is 32.1. The van der Waals surface area contributed by atoms with Crippen molar-refractivity contribution in [2.75, 3.05) is 85.4 Å². The molecule has 1 unspecified atom stereocenters. The number of hydrogen-bond donors (Lipinski definition) is 8. The molecule has 9 aromatic carbocycles. The molecule has 19 aromatic rings. The van der Waals surface area contributed by atoms with Crippen LogP contribution in [0.5, 0.6) is 23.0 Å². The lowest BCUT2D eigenvalue weighted by Gasteiger charge is -2.36. The summed E-state index contributed by atoms with van der Waals surface area (Å²) in [6.45, 7) is 21.3. The van der Waals surface area contributed by atoms with Gasteiger partial charge in [-0.15, -0.1) is 11.3 Å². The molecule has 4 atom stereocenters. The molecule has 17 heterocycles. The van der Waals surface area contributed by atoms with Crippen LogP contribution < -0.4 is 18.9 Å². The van der Waals surface area contributed by atoms with Crippen molar-refractivity contribution in [1.29, 1.82) is 0 Å². The fraction of sp³-hybridized carbons (Fsp3) is 0.312. The number of rotatable bonds is 23. The first-order chi connectivity index (χ1) is 72.1. The molecule has 5 fully saturated rings. The van der Waals surface area contributed by atoms with E-state index in [1.165, 1.54) is 84.6 Å². The van der Waals surface area contributed by atoms with Crippen molar-refractivity contribution in [3.05, 3.63) is 292 Å². The average Bonchev–Trinajstić information content (AvgIpc) is 1.63. The van der Waals surface area contributed by atoms with Crippen molar-refractivity contribution >= 4 is 54.9 Å². The summed E-state index contributed by atoms with van der Waals surface area (Å²) in [6.07, 6.45) is 16.9. The van der Waals surface area contributed by atoms with Gasteiger partial charge in [-0.3, -0.25) is 65.4 Å². The van der Waals surface area contributed by atoms with Crippen molar-refractivity contribution in [3.8, 4) is 114 Å². The second kappa shape index (κ2) is 42.7. The molecule has 0 bridgehead atoms. The van der Waals surface area contributed by atoms with Gasteiger partial charge in [0.15, 0.2) is 34.8 Å². The van der Waals surface area contributed by atoms with Crippen LogP contribution in [-0.4, -0.2) is 222 Å². The van der Waals surface area contributed by atoms with Gasteiger partial charge >= 0.3 is 0 Å². The number of halogens is 4. The third-order valence-corrected chi connectivity index (χ3v) is 29.8. The predicted molar refractivity (Wildman–Crippen MR) is 558 cm³/mol. The third kappa shape index (κ3) is 21.1. The van der Waals surface area contributed by atoms with E-state index in [4.69, 9.17) is 38.9 Å². The molecule has 26 rings (SSSR count). The summed E-state index contributed by atoms with van der Waals surface area (Å²) in [5, 5.41) is 67.9. The number of hydrogen-bond acceptors (Lipinski definition) is 23. The number of piperidine rings is 5. The Morgan fingerprint density at radius 2 is 0.789 bits per heavy atom. The second-order valence-corrected chi connectivity index (χ2v) is 40.3. The van der Waals surface area contributed by atoms with Gasteiger partial charge in [-0.2, -0.15) is 40.8 Å². The van der Waals surface area contributed by atoms with Gasteiger partial charge in [0.05, 0.1) is 46.2 Å². The molecule has 0 aliphatic carbocycles. The van der Waals surface area contributed by atoms with E-state index in [-0.39, 0.29) is 48.9 Å². The number of pyridine rings is 1. The molecule has 30 nitrogen and oxygen atoms in total. The highest BCUT2D eigenvalue weighted by Crippen LogP contribution is 2.43. The van der Waals surface area contributed by atoms with E-state index in [2.05, 4.69) is 184 Å². The molecule has 7 aliphatic rings. The molecular formula is C112H112F4N26O4S. The Morgan fingerprint density at radius 1 is 0.388 bits per heavy atom. The smallest absolute Gasteiger partial charge is 0.231 e. The predicted octanol–water partition coefficient (Wildman–Crippen LogP) is 21.8. The Kier molecular flexibility index (Phi) is 27.6. The number of thiophene rings is 1. The standard InChI is InChI=1S/C30H30F2N6O.C28H24F2N6O2.C27H32N8.C27H26N6OS/c1-18(2)39-22-11-8-19(9-12-22)28-23-15-20(10-13-27(23)34-35-28)29-33-30(37-36-29)21-5-4-14-38(16-21)17-24-25(31)6-3-7-26(24)32;29-21-4-1-5-22(30)20(21)14-36-10-2-3-18(13-36)28-31-27(34-35-28)17-6-8-23-19(11-17)26(33-32-23)16-7-9-24-25(12-16)38-15-37-24;1-19(35-14-3-2-4-15-35)17-34-13-5-6-22(18-34)27-29-26(32-33-27)21-7-8-24-23(16-21)25(31-30-24)20-9-11-28-12-10-20;1-3-20(15-33(10-1)16-21-4-2-12-35-21)27-28-26(31-32-27)19-5-7-23-22(14-19)25(30-29-23)18-6-8-24-17(13-18)9-11-34-24/h3,6-13,15,18,21H,4-5,14,16-17H2,1-2H3,(H,34,35)(H,33,36,37);1,4-9,11-12,18H,2-3,10,13-15H2,(H,32,33)(H,31,34,35);7-12,16,22H,1-6,13-15,17-18H2,(H,30,31)(H,29,32,33);2,4-8,12-14,20H,1,3,9-11,15-16H2,(H,29,30)(H,28,31,32)/t21-;18-;;20-/m11.1/s1. The van der Waals surface area contributed by atoms with Gasteiger partial charge in [0.1, 0.15) is 69.5 Å². The number of aromatic nitrogens is 21. The van der Waals surface area contributed by atoms with E-state index in [9.17, 15) is 17.6 Å². The Labute approximate surface area is 849 Å². The number of nitrogens with zero attached hydrogens (tertiary/aromatic N) is 18. The maximum atomic E-state index is 14.2. The van der Waals surface area contributed by atoms with Gasteiger partial charge < -0.3 is 23.8 Å². The number of ether oxygens (including phenoxy) is 4. The zero-order valence-corrected chi connectivity index (χ0v) is 82.5. The highest BCUT2D eigenvalue weighted by molar-refractivity contribution is 7.09. The summed E-state index contributed by atoms with van der Waals surface area (Å²) in [5.74, 6) is 8.37. The summed E-state index contributed by atoms with van der Waals surface area (Å²) < 4.78 is 79.2. The first-order valence-electron chi connectivity index (χ1n) is 50.8. The lowest BCUT2D eigenvalue weighted by atomic mass is 9.96. The van der Waals surface area contributed by atoms with Crippen molar-refractivity contribution < 1.29 is 36.5 Å². The van der Waals surface area contributed by atoms with Gasteiger partial charge in [0.25, 0.3) is 0 Å². The van der Waals surface area contributed by atoms with Crippen LogP contribution in [0.3, 0.4) is 0 Å². The van der Waals surface area contributed by atoms with Gasteiger partial charge in [0.2, 0.25) is 6.79 Å². The van der Waals surface area contributed by atoms with Crippen LogP contribution in [0.25, 0.3) is 134 Å². The maximum absolute atomic E-state index is 14.2. The fourth-order valence-electron chi connectivity index (χ4n) is 21.4. The minimum Gasteiger partial charge on any atom is -0.493 e. The van der Waals surface area contributed by atoms with Crippen molar-refractivity contribution in [2.45, 2.75) is 140 Å². The zero-order valence-electron chi connectivity index (χ0n) is 81.7. The molecule has 35 heteroatoms. The number of benzene rings is 9. The molecule has 0 amide bonds. The van der Waals surface area contributed by atoms with Crippen LogP contribution in [0, 0.1) is 23.3 Å². The molecule has 5 saturated heterocycles. The highest BCUT2D eigenvalue weighted by Gasteiger charge is 2.33. The van der Waals surface area contributed by atoms with E-state index in [0.717, 1.165) is 280 Å². The zero-order chi connectivity index (χ0) is 99.4. The van der Waals surface area contributed by atoms with Crippen molar-refractivity contribution in [2.24, 2.45) is 0 Å². The van der Waals surface area contributed by atoms with E-state index >= 15 is 0 Å². The van der Waals surface area contributed by atoms with Crippen LogP contribution in [0.1, 0.15) is 153 Å². The summed E-state index contributed by atoms with van der Waals surface area (Å²) in [5.41, 5.74) is 17.9. The number of likely N-dealkylation sites (tertiary alicyclic amines) is 5. The molecule has 10 aromatic heterocycles. The van der Waals surface area contributed by atoms with E-state index < -0.39 is 23.3 Å². The average molecular weight is 1990 g/mol. The molecular weight excluding hydrogens is 1880 g/mol. The van der Waals surface area contributed by atoms with Crippen molar-refractivity contribution in [3.63, 3.8) is 0 Å². The van der Waals surface area contributed by atoms with Crippen LogP contribution in [-0.2, 0) is 26.1 Å². The lowest BCUT2D eigenvalue weighted by Crippen LogP contribution is -2.40. The summed E-state index contributed by atoms with van der Waals surface area (Å²) in [6, 6.07) is 60.8. The molecule has 8 N–H and O–H groups in total. The van der Waals surface area contributed by atoms with Crippen LogP contribution in [0.15, 0.2) is 224 Å². The van der Waals surface area contributed by atoms with Crippen molar-refractivity contribution in [1.82, 2.24) is 131 Å². The monoisotopic (exact) mass is 1990 g/mol. The Hall–Kier alpha value is -15.4. The minimum absolute atomic E-state index is 0.0988. The Morgan fingerprint density at radius 3 is 1.24 bits per heavy atom. The Balaban J connectivity index is 0.000000108. The number of fused-ring (bicyclic) bond motifs is 6. The quantitative estimate of drug-likeness (QED) is 0.0276. The van der Waals surface area contributed by atoms with Gasteiger partial charge in [-0.1, -0.05) is 24.8 Å². The first-order valence-corrected chi connectivity index (χ1v) is 51.7. The lowest BCUT2D eigenvalue weighted by molar-refractivity contribution is 0.174. The van der Waals surface area contributed by atoms with Gasteiger partial charge in [0, 0.05) is 196 Å². The van der Waals surface area contributed by atoms with Gasteiger partial charge in [-0.25, -0.2) is 37.5 Å². The van der Waals surface area contributed by atoms with Gasteiger partial charge in [-0.05, 0) is 298 Å². The van der Waals surface area contributed by atoms with E-state index in [1.807, 2.05) is 122 Å². The van der Waals surface area contributed by atoms with Crippen LogP contribution >= 0.6 is 11.3 Å². The second-order valence-electron chi connectivity index (χ2n) is 39.3. The van der Waals surface area contributed by atoms with E-state index in [0.29, 0.717) is 42.3 Å². The SMILES string of the molecule is C=C(CN1CCCC(c2nc(-c3ccc4[nH]nc(-c5ccncc5)c4c3)n[nH]2)C1)N1CCCCC1.CC(C)Oc1ccc(-c2n[nH]c3ccc(-c4n[nH]c([C@@H]5CCCN(Cc6c(F)cccc6F)C5)n4)cc23)cc1.Fc1cccc(F)c1CN1CCC[C@@H](c2nc(-c3ccc4[nH]nc(-c5ccc6c(c5)OCO6)c4c3)n[nH]2)C1.c1csc(CN2CCC[C@@H](c3nc(-c4ccc5[nH]nc(-c6ccc7c(c6)CCO7)c5c4)n[nH]3)C2)c1. The topological polar surface area (TPSA) is 347 Å². The fourth-order valence-corrected chi connectivity index (χ4v) is 22.1. The number of aromatic amines is 8. The first kappa shape index (κ1) is 95.1. The molecule has 7 aliphatic heterocycles. The number of H-pyrrole nitrogens is 8. The third-order valence-electron chi connectivity index (χ3n) is 29.0. The normalized spacial score (nSPS) is 17.7. The summed E-state index contributed by atoms with van der Waals surface area (Å²) >= 11 is 1.83. The molecule has 147 heavy (non-hydrogen) atoms. The van der Waals surface area contributed by atoms with Crippen LogP contribution in [0.2, 0.25) is 0 Å². The van der Waals surface area contributed by atoms with Crippen LogP contribution in [0.4, 0.5) is 17.6 Å². The summed E-state index contributed by atoms with van der Waals surface area (Å²) in [7, 11) is 0. The summed E-state index contributed by atoms with van der Waals surface area (Å²) in [4.78, 5) is 36.8. The molecule has 0 spiro atoms. The number of nitrogens with one attached hydrogen (secondary N) is 8. The maximum Gasteiger partial charge on any atom is 0.231 e. The molecule has 0 radical (unpaired) electrons. The molecule has 0 saturated carbocycles.